The van der Waals surface area contributed by atoms with Crippen molar-refractivity contribution in [3.8, 4) is 0 Å². The number of rotatable bonds is 4. The molecule has 1 saturated heterocycles. The third-order valence-corrected chi connectivity index (χ3v) is 3.52. The molecule has 0 atom stereocenters. The molecular weight excluding hydrogens is 274 g/mol. The molecule has 1 aromatic carbocycles. The van der Waals surface area contributed by atoms with E-state index in [1.807, 2.05) is 24.3 Å². The predicted octanol–water partition coefficient (Wildman–Crippen LogP) is 1.75. The number of fused-ring (bicyclic) bond motifs is 1. The Hall–Kier alpha value is -2.34. The number of hydrogen-bond acceptors (Lipinski definition) is 4. The third-order valence-electron chi connectivity index (χ3n) is 3.52. The number of carbonyl (C=O) groups is 2. The molecule has 3 rings (SSSR count). The van der Waals surface area contributed by atoms with E-state index in [4.69, 9.17) is 14.3 Å². The van der Waals surface area contributed by atoms with Crippen LogP contribution in [0.1, 0.15) is 17.5 Å². The Morgan fingerprint density at radius 3 is 2.76 bits per heavy atom. The number of furan rings is 1. The Bertz CT molecular complexity index is 666. The highest BCUT2D eigenvalue weighted by molar-refractivity contribution is 5.96. The Kier molecular flexibility index (Phi) is 3.17. The summed E-state index contributed by atoms with van der Waals surface area (Å²) in [5.74, 6) is -0.933. The average molecular weight is 289 g/mol. The summed E-state index contributed by atoms with van der Waals surface area (Å²) in [7, 11) is 0. The maximum atomic E-state index is 12.3. The van der Waals surface area contributed by atoms with Gasteiger partial charge < -0.3 is 19.2 Å². The van der Waals surface area contributed by atoms with E-state index in [2.05, 4.69) is 0 Å². The van der Waals surface area contributed by atoms with Crippen LogP contribution in [0.2, 0.25) is 0 Å². The number of para-hydroxylation sites is 1. The molecule has 0 spiro atoms. The number of likely N-dealkylation sites (tertiary alicyclic amines) is 1. The molecule has 0 bridgehead atoms. The first-order valence-electron chi connectivity index (χ1n) is 6.60. The van der Waals surface area contributed by atoms with Gasteiger partial charge >= 0.3 is 5.97 Å². The number of carboxylic acids is 1. The van der Waals surface area contributed by atoms with Gasteiger partial charge in [-0.05, 0) is 19.1 Å². The Morgan fingerprint density at radius 1 is 1.38 bits per heavy atom. The molecule has 1 aliphatic heterocycles. The number of aliphatic carboxylic acids is 1. The van der Waals surface area contributed by atoms with Gasteiger partial charge in [-0.3, -0.25) is 4.79 Å². The molecule has 6 heteroatoms. The number of hydrogen-bond donors (Lipinski definition) is 1. The van der Waals surface area contributed by atoms with Crippen molar-refractivity contribution in [2.75, 3.05) is 19.7 Å². The molecule has 110 valence electrons. The largest absolute Gasteiger partial charge is 0.480 e. The van der Waals surface area contributed by atoms with Gasteiger partial charge in [-0.25, -0.2) is 4.79 Å². The molecular formula is C15H15NO5. The molecule has 21 heavy (non-hydrogen) atoms. The van der Waals surface area contributed by atoms with Crippen LogP contribution in [0.15, 0.2) is 34.7 Å². The SMILES string of the molecule is CC1(OCC(=O)O)CN(C(=O)c2cc3ccccc3o2)C1. The van der Waals surface area contributed by atoms with Gasteiger partial charge in [0.2, 0.25) is 0 Å². The second-order valence-corrected chi connectivity index (χ2v) is 5.44. The van der Waals surface area contributed by atoms with E-state index in [1.54, 1.807) is 17.9 Å². The number of nitrogens with zero attached hydrogens (tertiary/aromatic N) is 1. The molecule has 1 amide bonds. The van der Waals surface area contributed by atoms with Crippen molar-refractivity contribution >= 4 is 22.8 Å². The number of amides is 1. The van der Waals surface area contributed by atoms with Crippen molar-refractivity contribution in [1.82, 2.24) is 4.90 Å². The minimum atomic E-state index is -1.02. The highest BCUT2D eigenvalue weighted by Crippen LogP contribution is 2.28. The van der Waals surface area contributed by atoms with Gasteiger partial charge in [0.25, 0.3) is 5.91 Å². The number of benzene rings is 1. The maximum Gasteiger partial charge on any atom is 0.329 e. The quantitative estimate of drug-likeness (QED) is 0.927. The summed E-state index contributed by atoms with van der Waals surface area (Å²) in [4.78, 5) is 24.4. The highest BCUT2D eigenvalue weighted by atomic mass is 16.5. The van der Waals surface area contributed by atoms with Crippen molar-refractivity contribution < 1.29 is 23.8 Å². The van der Waals surface area contributed by atoms with E-state index >= 15 is 0 Å². The molecule has 1 fully saturated rings. The monoisotopic (exact) mass is 289 g/mol. The highest BCUT2D eigenvalue weighted by Gasteiger charge is 2.43. The zero-order valence-corrected chi connectivity index (χ0v) is 11.5. The second kappa shape index (κ2) is 4.89. The van der Waals surface area contributed by atoms with Crippen molar-refractivity contribution in [1.29, 1.82) is 0 Å². The van der Waals surface area contributed by atoms with Crippen LogP contribution < -0.4 is 0 Å². The maximum absolute atomic E-state index is 12.3. The van der Waals surface area contributed by atoms with E-state index in [9.17, 15) is 9.59 Å². The van der Waals surface area contributed by atoms with Crippen molar-refractivity contribution in [2.24, 2.45) is 0 Å². The van der Waals surface area contributed by atoms with Crippen LogP contribution in [-0.2, 0) is 9.53 Å². The fourth-order valence-electron chi connectivity index (χ4n) is 2.48. The molecule has 2 heterocycles. The molecule has 2 aromatic rings. The lowest BCUT2D eigenvalue weighted by molar-refractivity contribution is -0.160. The summed E-state index contributed by atoms with van der Waals surface area (Å²) in [6, 6.07) is 9.13. The van der Waals surface area contributed by atoms with Crippen LogP contribution >= 0.6 is 0 Å². The van der Waals surface area contributed by atoms with E-state index in [0.29, 0.717) is 18.7 Å². The van der Waals surface area contributed by atoms with Crippen molar-refractivity contribution in [3.05, 3.63) is 36.1 Å². The number of ether oxygens (including phenoxy) is 1. The second-order valence-electron chi connectivity index (χ2n) is 5.44. The minimum Gasteiger partial charge on any atom is -0.480 e. The fraction of sp³-hybridized carbons (Fsp3) is 0.333. The van der Waals surface area contributed by atoms with Crippen LogP contribution in [0.25, 0.3) is 11.0 Å². The van der Waals surface area contributed by atoms with Crippen LogP contribution in [-0.4, -0.2) is 47.2 Å². The van der Waals surface area contributed by atoms with Gasteiger partial charge in [-0.15, -0.1) is 0 Å². The predicted molar refractivity (Wildman–Crippen MR) is 74.1 cm³/mol. The first-order chi connectivity index (χ1) is 9.97. The van der Waals surface area contributed by atoms with Gasteiger partial charge in [0.05, 0.1) is 13.1 Å². The normalized spacial score (nSPS) is 16.7. The molecule has 0 saturated carbocycles. The standard InChI is InChI=1S/C15H15NO5/c1-15(20-7-13(17)18)8-16(9-15)14(19)12-6-10-4-2-3-5-11(10)21-12/h2-6H,7-9H2,1H3,(H,17,18). The van der Waals surface area contributed by atoms with Gasteiger partial charge in [0.15, 0.2) is 5.76 Å². The summed E-state index contributed by atoms with van der Waals surface area (Å²) >= 11 is 0. The lowest BCUT2D eigenvalue weighted by atomic mass is 9.96. The van der Waals surface area contributed by atoms with E-state index in [-0.39, 0.29) is 18.3 Å². The Morgan fingerprint density at radius 2 is 2.10 bits per heavy atom. The molecule has 6 nitrogen and oxygen atoms in total. The molecule has 0 aliphatic carbocycles. The van der Waals surface area contributed by atoms with E-state index < -0.39 is 11.6 Å². The zero-order chi connectivity index (χ0) is 15.0. The molecule has 1 aromatic heterocycles. The van der Waals surface area contributed by atoms with E-state index in [1.165, 1.54) is 0 Å². The number of carboxylic acid groups (broad SMARTS) is 1. The molecule has 1 N–H and O–H groups in total. The molecule has 1 aliphatic rings. The average Bonchev–Trinajstić information content (AvgIpc) is 2.85. The first-order valence-corrected chi connectivity index (χ1v) is 6.60. The lowest BCUT2D eigenvalue weighted by Crippen LogP contribution is -2.63. The summed E-state index contributed by atoms with van der Waals surface area (Å²) < 4.78 is 10.8. The van der Waals surface area contributed by atoms with Gasteiger partial charge in [-0.2, -0.15) is 0 Å². The fourth-order valence-corrected chi connectivity index (χ4v) is 2.48. The van der Waals surface area contributed by atoms with Crippen molar-refractivity contribution in [2.45, 2.75) is 12.5 Å². The van der Waals surface area contributed by atoms with Crippen LogP contribution in [0.5, 0.6) is 0 Å². The van der Waals surface area contributed by atoms with Gasteiger partial charge in [-0.1, -0.05) is 18.2 Å². The number of carbonyl (C=O) groups excluding carboxylic acids is 1. The smallest absolute Gasteiger partial charge is 0.329 e. The minimum absolute atomic E-state index is 0.206. The van der Waals surface area contributed by atoms with Crippen LogP contribution in [0.4, 0.5) is 0 Å². The van der Waals surface area contributed by atoms with Crippen LogP contribution in [0, 0.1) is 0 Å². The summed E-state index contributed by atoms with van der Waals surface area (Å²) in [6.07, 6.45) is 0. The molecule has 0 unspecified atom stereocenters. The van der Waals surface area contributed by atoms with E-state index in [0.717, 1.165) is 5.39 Å². The molecule has 0 radical (unpaired) electrons. The van der Waals surface area contributed by atoms with Crippen molar-refractivity contribution in [3.63, 3.8) is 0 Å². The Balaban J connectivity index is 1.66. The topological polar surface area (TPSA) is 80.0 Å². The third kappa shape index (κ3) is 2.62. The summed E-state index contributed by atoms with van der Waals surface area (Å²) in [5, 5.41) is 9.49. The van der Waals surface area contributed by atoms with Crippen LogP contribution in [0.3, 0.4) is 0 Å². The van der Waals surface area contributed by atoms with Gasteiger partial charge in [0.1, 0.15) is 17.8 Å². The summed E-state index contributed by atoms with van der Waals surface area (Å²) in [5.41, 5.74) is 0.0753. The lowest BCUT2D eigenvalue weighted by Gasteiger charge is -2.46. The zero-order valence-electron chi connectivity index (χ0n) is 11.5. The summed E-state index contributed by atoms with van der Waals surface area (Å²) in [6.45, 7) is 2.15. The van der Waals surface area contributed by atoms with Gasteiger partial charge in [0, 0.05) is 5.39 Å². The first kappa shape index (κ1) is 13.6. The Labute approximate surface area is 120 Å².